The molecule has 1 aromatic heterocycles. The highest BCUT2D eigenvalue weighted by atomic mass is 16.5. The summed E-state index contributed by atoms with van der Waals surface area (Å²) in [6.45, 7) is 1.58. The number of hydrogen-bond donors (Lipinski definition) is 4. The molecule has 27 heavy (non-hydrogen) atoms. The molecule has 0 bridgehead atoms. The molecule has 4 rings (SSSR count). The van der Waals surface area contributed by atoms with Crippen molar-refractivity contribution in [2.45, 2.75) is 0 Å². The lowest BCUT2D eigenvalue weighted by molar-refractivity contribution is 0.0980. The standard InChI is InChI=1S/C19H19N5O3/c20-5-7-22-15-12-9-24-27-19(12)16(23-8-6-21)14-13(15)17(25)10-3-1-2-4-11(10)18(14)26/h1-4,9,22-23H,5-8,20-21H2. The fraction of sp³-hybridized carbons (Fsp3) is 0.211. The first-order valence-electron chi connectivity index (χ1n) is 8.69. The minimum absolute atomic E-state index is 0.224. The summed E-state index contributed by atoms with van der Waals surface area (Å²) >= 11 is 0. The smallest absolute Gasteiger partial charge is 0.196 e. The third-order valence-electron chi connectivity index (χ3n) is 4.58. The van der Waals surface area contributed by atoms with Crippen LogP contribution in [0.1, 0.15) is 31.8 Å². The van der Waals surface area contributed by atoms with E-state index in [0.717, 1.165) is 0 Å². The van der Waals surface area contributed by atoms with E-state index in [2.05, 4.69) is 15.8 Å². The number of carbonyl (C=O) groups excluding carboxylic acids is 2. The molecule has 8 heteroatoms. The summed E-state index contributed by atoms with van der Waals surface area (Å²) in [6, 6.07) is 6.80. The number of hydrogen-bond acceptors (Lipinski definition) is 8. The topological polar surface area (TPSA) is 136 Å². The van der Waals surface area contributed by atoms with E-state index >= 15 is 0 Å². The number of carbonyl (C=O) groups is 2. The molecular weight excluding hydrogens is 346 g/mol. The van der Waals surface area contributed by atoms with Gasteiger partial charge in [-0.1, -0.05) is 29.4 Å². The number of ketones is 2. The molecule has 1 aliphatic carbocycles. The van der Waals surface area contributed by atoms with E-state index in [1.54, 1.807) is 24.3 Å². The average Bonchev–Trinajstić information content (AvgIpc) is 3.18. The van der Waals surface area contributed by atoms with Crippen LogP contribution in [0.3, 0.4) is 0 Å². The predicted octanol–water partition coefficient (Wildman–Crippen LogP) is 1.34. The lowest BCUT2D eigenvalue weighted by atomic mass is 9.81. The Kier molecular flexibility index (Phi) is 4.35. The Labute approximate surface area is 154 Å². The van der Waals surface area contributed by atoms with Gasteiger partial charge in [-0.3, -0.25) is 9.59 Å². The first-order valence-corrected chi connectivity index (χ1v) is 8.69. The minimum Gasteiger partial charge on any atom is -0.383 e. The van der Waals surface area contributed by atoms with Gasteiger partial charge in [0.15, 0.2) is 17.1 Å². The first-order chi connectivity index (χ1) is 13.2. The molecule has 0 aliphatic heterocycles. The maximum Gasteiger partial charge on any atom is 0.196 e. The van der Waals surface area contributed by atoms with Crippen molar-refractivity contribution in [2.75, 3.05) is 36.8 Å². The Morgan fingerprint density at radius 1 is 0.889 bits per heavy atom. The quantitative estimate of drug-likeness (QED) is 0.376. The van der Waals surface area contributed by atoms with Gasteiger partial charge in [0.1, 0.15) is 0 Å². The SMILES string of the molecule is NCCNc1c2c(c(NCCN)c3oncc13)C(=O)c1ccccc1C2=O. The van der Waals surface area contributed by atoms with Gasteiger partial charge < -0.3 is 26.6 Å². The molecule has 0 amide bonds. The van der Waals surface area contributed by atoms with Gasteiger partial charge in [-0.25, -0.2) is 0 Å². The summed E-state index contributed by atoms with van der Waals surface area (Å²) in [5, 5.41) is 10.8. The first kappa shape index (κ1) is 17.2. The number of benzene rings is 2. The summed E-state index contributed by atoms with van der Waals surface area (Å²) in [5.74, 6) is -0.465. The van der Waals surface area contributed by atoms with Gasteiger partial charge in [0.05, 0.1) is 34.1 Å². The zero-order chi connectivity index (χ0) is 19.0. The van der Waals surface area contributed by atoms with Gasteiger partial charge in [0.25, 0.3) is 0 Å². The van der Waals surface area contributed by atoms with Gasteiger partial charge in [-0.15, -0.1) is 0 Å². The van der Waals surface area contributed by atoms with Crippen molar-refractivity contribution in [2.24, 2.45) is 11.5 Å². The van der Waals surface area contributed by atoms with Crippen LogP contribution in [0.15, 0.2) is 35.0 Å². The van der Waals surface area contributed by atoms with Crippen molar-refractivity contribution in [3.05, 3.63) is 52.7 Å². The van der Waals surface area contributed by atoms with Crippen LogP contribution in [0.4, 0.5) is 11.4 Å². The van der Waals surface area contributed by atoms with E-state index in [-0.39, 0.29) is 17.1 Å². The monoisotopic (exact) mass is 365 g/mol. The highest BCUT2D eigenvalue weighted by molar-refractivity contribution is 6.34. The van der Waals surface area contributed by atoms with Crippen molar-refractivity contribution in [3.8, 4) is 0 Å². The van der Waals surface area contributed by atoms with Gasteiger partial charge >= 0.3 is 0 Å². The third kappa shape index (κ3) is 2.57. The summed E-state index contributed by atoms with van der Waals surface area (Å²) in [4.78, 5) is 26.6. The van der Waals surface area contributed by atoms with Crippen LogP contribution in [-0.4, -0.2) is 42.9 Å². The number of rotatable bonds is 6. The van der Waals surface area contributed by atoms with Crippen molar-refractivity contribution >= 4 is 33.9 Å². The van der Waals surface area contributed by atoms with Gasteiger partial charge in [-0.2, -0.15) is 0 Å². The number of fused-ring (bicyclic) bond motifs is 3. The zero-order valence-electron chi connectivity index (χ0n) is 14.5. The van der Waals surface area contributed by atoms with Crippen LogP contribution in [0.2, 0.25) is 0 Å². The highest BCUT2D eigenvalue weighted by Gasteiger charge is 2.36. The van der Waals surface area contributed by atoms with Crippen molar-refractivity contribution < 1.29 is 14.1 Å². The fourth-order valence-corrected chi connectivity index (χ4v) is 3.45. The minimum atomic E-state index is -0.242. The Morgan fingerprint density at radius 2 is 1.44 bits per heavy atom. The van der Waals surface area contributed by atoms with Crippen LogP contribution in [0, 0.1) is 0 Å². The van der Waals surface area contributed by atoms with E-state index in [9.17, 15) is 9.59 Å². The molecule has 2 aromatic carbocycles. The molecule has 0 radical (unpaired) electrons. The largest absolute Gasteiger partial charge is 0.383 e. The Bertz CT molecular complexity index is 976. The Hall–Kier alpha value is -3.23. The molecule has 1 aliphatic rings. The molecule has 0 saturated heterocycles. The van der Waals surface area contributed by atoms with Crippen LogP contribution in [0.5, 0.6) is 0 Å². The number of nitrogens with zero attached hydrogens (tertiary/aromatic N) is 1. The fourth-order valence-electron chi connectivity index (χ4n) is 3.45. The molecule has 0 spiro atoms. The van der Waals surface area contributed by atoms with E-state index in [4.69, 9.17) is 16.0 Å². The van der Waals surface area contributed by atoms with E-state index in [1.165, 1.54) is 6.20 Å². The molecule has 0 atom stereocenters. The molecule has 0 saturated carbocycles. The Morgan fingerprint density at radius 3 is 2.04 bits per heavy atom. The second-order valence-corrected chi connectivity index (χ2v) is 6.20. The molecule has 1 heterocycles. The van der Waals surface area contributed by atoms with Gasteiger partial charge in [-0.05, 0) is 0 Å². The molecular formula is C19H19N5O3. The van der Waals surface area contributed by atoms with Gasteiger partial charge in [0.2, 0.25) is 0 Å². The highest BCUT2D eigenvalue weighted by Crippen LogP contribution is 2.42. The van der Waals surface area contributed by atoms with Gasteiger partial charge in [0, 0.05) is 37.3 Å². The number of aromatic nitrogens is 1. The van der Waals surface area contributed by atoms with Crippen molar-refractivity contribution in [3.63, 3.8) is 0 Å². The molecule has 8 nitrogen and oxygen atoms in total. The second-order valence-electron chi connectivity index (χ2n) is 6.20. The van der Waals surface area contributed by atoms with Crippen LogP contribution in [-0.2, 0) is 0 Å². The van der Waals surface area contributed by atoms with E-state index in [1.807, 2.05) is 0 Å². The molecule has 0 unspecified atom stereocenters. The van der Waals surface area contributed by atoms with Crippen LogP contribution < -0.4 is 22.1 Å². The maximum absolute atomic E-state index is 13.3. The lowest BCUT2D eigenvalue weighted by Gasteiger charge is -2.24. The van der Waals surface area contributed by atoms with Crippen LogP contribution in [0.25, 0.3) is 11.0 Å². The van der Waals surface area contributed by atoms with E-state index in [0.29, 0.717) is 65.2 Å². The van der Waals surface area contributed by atoms with Crippen molar-refractivity contribution in [1.82, 2.24) is 5.16 Å². The molecule has 0 fully saturated rings. The summed E-state index contributed by atoms with van der Waals surface area (Å²) in [5.41, 5.74) is 13.9. The molecule has 138 valence electrons. The summed E-state index contributed by atoms with van der Waals surface area (Å²) < 4.78 is 5.42. The number of nitrogens with one attached hydrogen (secondary N) is 2. The maximum atomic E-state index is 13.3. The zero-order valence-corrected chi connectivity index (χ0v) is 14.5. The normalized spacial score (nSPS) is 12.8. The van der Waals surface area contributed by atoms with E-state index < -0.39 is 0 Å². The second kappa shape index (κ2) is 6.82. The summed E-state index contributed by atoms with van der Waals surface area (Å²) in [6.07, 6.45) is 1.53. The average molecular weight is 365 g/mol. The number of anilines is 2. The predicted molar refractivity (Wildman–Crippen MR) is 102 cm³/mol. The third-order valence-corrected chi connectivity index (χ3v) is 4.58. The lowest BCUT2D eigenvalue weighted by Crippen LogP contribution is -2.26. The van der Waals surface area contributed by atoms with Crippen molar-refractivity contribution in [1.29, 1.82) is 0 Å². The number of nitrogens with two attached hydrogens (primary N) is 2. The summed E-state index contributed by atoms with van der Waals surface area (Å²) in [7, 11) is 0. The molecule has 3 aromatic rings. The van der Waals surface area contributed by atoms with Crippen LogP contribution >= 0.6 is 0 Å². The molecule has 6 N–H and O–H groups in total. The Balaban J connectivity index is 2.06.